The molecule has 3 nitrogen and oxygen atoms in total. The second-order valence-corrected chi connectivity index (χ2v) is 5.56. The minimum atomic E-state index is 0.690. The molecule has 1 aromatic rings. The van der Waals surface area contributed by atoms with Crippen molar-refractivity contribution in [3.63, 3.8) is 0 Å². The fraction of sp³-hybridized carbons (Fsp3) is 0.615. The van der Waals surface area contributed by atoms with Crippen LogP contribution in [0.25, 0.3) is 0 Å². The highest BCUT2D eigenvalue weighted by atomic mass is 79.9. The third-order valence-electron chi connectivity index (χ3n) is 3.49. The molecule has 1 atom stereocenters. The fourth-order valence-corrected chi connectivity index (χ4v) is 2.76. The number of likely N-dealkylation sites (N-methyl/N-ethyl adjacent to an activating group) is 2. The van der Waals surface area contributed by atoms with Crippen molar-refractivity contribution < 1.29 is 0 Å². The molecule has 1 unspecified atom stereocenters. The van der Waals surface area contributed by atoms with Crippen LogP contribution in [0.15, 0.2) is 22.8 Å². The Bertz CT molecular complexity index is 352. The highest BCUT2D eigenvalue weighted by molar-refractivity contribution is 9.10. The van der Waals surface area contributed by atoms with Crippen LogP contribution in [0.2, 0.25) is 0 Å². The Hall–Kier alpha value is -0.610. The molecule has 0 amide bonds. The molecule has 0 spiro atoms. The van der Waals surface area contributed by atoms with E-state index in [-0.39, 0.29) is 0 Å². The number of anilines is 1. The minimum Gasteiger partial charge on any atom is -0.358 e. The van der Waals surface area contributed by atoms with Crippen LogP contribution in [0, 0.1) is 0 Å². The summed E-state index contributed by atoms with van der Waals surface area (Å²) >= 11 is 3.41. The predicted molar refractivity (Wildman–Crippen MR) is 75.5 cm³/mol. The average Bonchev–Trinajstić information content (AvgIpc) is 2.77. The number of nitrogens with zero attached hydrogens (tertiary/aromatic N) is 3. The van der Waals surface area contributed by atoms with Crippen LogP contribution in [-0.2, 0) is 0 Å². The maximum Gasteiger partial charge on any atom is 0.128 e. The molecule has 0 N–H and O–H groups in total. The Kier molecular flexibility index (Phi) is 4.40. The molecule has 2 rings (SSSR count). The first-order valence-electron chi connectivity index (χ1n) is 6.27. The zero-order valence-electron chi connectivity index (χ0n) is 10.6. The van der Waals surface area contributed by atoms with Crippen LogP contribution in [0.5, 0.6) is 0 Å². The van der Waals surface area contributed by atoms with E-state index in [1.165, 1.54) is 19.4 Å². The van der Waals surface area contributed by atoms with Crippen molar-refractivity contribution in [3.8, 4) is 0 Å². The van der Waals surface area contributed by atoms with Crippen molar-refractivity contribution >= 4 is 21.7 Å². The third kappa shape index (κ3) is 3.19. The first-order chi connectivity index (χ1) is 8.20. The molecule has 94 valence electrons. The molecule has 17 heavy (non-hydrogen) atoms. The maximum atomic E-state index is 4.43. The van der Waals surface area contributed by atoms with E-state index in [1.807, 2.05) is 12.3 Å². The van der Waals surface area contributed by atoms with E-state index in [0.717, 1.165) is 23.4 Å². The molecule has 0 aromatic carbocycles. The lowest BCUT2D eigenvalue weighted by molar-refractivity contribution is 0.270. The molecule has 0 radical (unpaired) electrons. The largest absolute Gasteiger partial charge is 0.358 e. The van der Waals surface area contributed by atoms with E-state index in [9.17, 15) is 0 Å². The SMILES string of the molecule is CCN1CCCC1CN(C)c1ccc(Br)cn1. The molecule has 1 aliphatic heterocycles. The van der Waals surface area contributed by atoms with Gasteiger partial charge in [-0.3, -0.25) is 4.90 Å². The first kappa shape index (κ1) is 12.8. The second kappa shape index (κ2) is 5.83. The van der Waals surface area contributed by atoms with E-state index in [4.69, 9.17) is 0 Å². The molecule has 1 saturated heterocycles. The summed E-state index contributed by atoms with van der Waals surface area (Å²) in [5.74, 6) is 1.05. The summed E-state index contributed by atoms with van der Waals surface area (Å²) in [5.41, 5.74) is 0. The number of halogens is 1. The number of aromatic nitrogens is 1. The summed E-state index contributed by atoms with van der Waals surface area (Å²) in [5, 5.41) is 0. The van der Waals surface area contributed by atoms with Gasteiger partial charge in [-0.25, -0.2) is 4.98 Å². The molecule has 2 heterocycles. The molecule has 1 aliphatic rings. The summed E-state index contributed by atoms with van der Waals surface area (Å²) in [7, 11) is 2.13. The van der Waals surface area contributed by atoms with Crippen LogP contribution < -0.4 is 4.90 Å². The van der Waals surface area contributed by atoms with Gasteiger partial charge in [0.25, 0.3) is 0 Å². The summed E-state index contributed by atoms with van der Waals surface area (Å²) in [6, 6.07) is 4.80. The van der Waals surface area contributed by atoms with Gasteiger partial charge in [0.2, 0.25) is 0 Å². The van der Waals surface area contributed by atoms with E-state index in [0.29, 0.717) is 6.04 Å². The van der Waals surface area contributed by atoms with Gasteiger partial charge in [0.15, 0.2) is 0 Å². The van der Waals surface area contributed by atoms with Crippen LogP contribution in [0.4, 0.5) is 5.82 Å². The molecule has 4 heteroatoms. The second-order valence-electron chi connectivity index (χ2n) is 4.64. The van der Waals surface area contributed by atoms with Gasteiger partial charge < -0.3 is 4.90 Å². The molecular formula is C13H20BrN3. The van der Waals surface area contributed by atoms with E-state index < -0.39 is 0 Å². The van der Waals surface area contributed by atoms with Crippen molar-refractivity contribution in [1.29, 1.82) is 0 Å². The first-order valence-corrected chi connectivity index (χ1v) is 7.06. The van der Waals surface area contributed by atoms with Crippen LogP contribution in [0.1, 0.15) is 19.8 Å². The fourth-order valence-electron chi connectivity index (χ4n) is 2.52. The lowest BCUT2D eigenvalue weighted by Crippen LogP contribution is -2.39. The van der Waals surface area contributed by atoms with E-state index in [2.05, 4.69) is 50.8 Å². The van der Waals surface area contributed by atoms with Gasteiger partial charge in [0, 0.05) is 30.3 Å². The van der Waals surface area contributed by atoms with Crippen molar-refractivity contribution in [3.05, 3.63) is 22.8 Å². The zero-order valence-corrected chi connectivity index (χ0v) is 12.2. The molecule has 1 fully saturated rings. The molecule has 0 bridgehead atoms. The van der Waals surface area contributed by atoms with E-state index >= 15 is 0 Å². The number of hydrogen-bond donors (Lipinski definition) is 0. The quantitative estimate of drug-likeness (QED) is 0.852. The van der Waals surface area contributed by atoms with Gasteiger partial charge in [-0.15, -0.1) is 0 Å². The molecule has 0 saturated carbocycles. The standard InChI is InChI=1S/C13H20BrN3/c1-3-17-8-4-5-12(17)10-16(2)13-7-6-11(14)9-15-13/h6-7,9,12H,3-5,8,10H2,1-2H3. The van der Waals surface area contributed by atoms with Crippen molar-refractivity contribution in [2.75, 3.05) is 31.6 Å². The number of rotatable bonds is 4. The normalized spacial score (nSPS) is 20.8. The maximum absolute atomic E-state index is 4.43. The van der Waals surface area contributed by atoms with Gasteiger partial charge in [-0.05, 0) is 54.0 Å². The Labute approximate surface area is 112 Å². The third-order valence-corrected chi connectivity index (χ3v) is 3.96. The number of pyridine rings is 1. The number of hydrogen-bond acceptors (Lipinski definition) is 3. The highest BCUT2D eigenvalue weighted by Gasteiger charge is 2.24. The lowest BCUT2D eigenvalue weighted by Gasteiger charge is -2.28. The van der Waals surface area contributed by atoms with Crippen LogP contribution >= 0.6 is 15.9 Å². The average molecular weight is 298 g/mol. The lowest BCUT2D eigenvalue weighted by atomic mass is 10.2. The van der Waals surface area contributed by atoms with Crippen LogP contribution in [0.3, 0.4) is 0 Å². The number of likely N-dealkylation sites (tertiary alicyclic amines) is 1. The Morgan fingerprint density at radius 3 is 3.00 bits per heavy atom. The summed E-state index contributed by atoms with van der Waals surface area (Å²) in [6.07, 6.45) is 4.51. The zero-order chi connectivity index (χ0) is 12.3. The van der Waals surface area contributed by atoms with Gasteiger partial charge in [-0.1, -0.05) is 6.92 Å². The smallest absolute Gasteiger partial charge is 0.128 e. The van der Waals surface area contributed by atoms with Gasteiger partial charge in [-0.2, -0.15) is 0 Å². The topological polar surface area (TPSA) is 19.4 Å². The Balaban J connectivity index is 1.96. The Morgan fingerprint density at radius 2 is 2.35 bits per heavy atom. The molecule has 0 aliphatic carbocycles. The monoisotopic (exact) mass is 297 g/mol. The van der Waals surface area contributed by atoms with Crippen molar-refractivity contribution in [2.45, 2.75) is 25.8 Å². The van der Waals surface area contributed by atoms with Crippen molar-refractivity contribution in [1.82, 2.24) is 9.88 Å². The minimum absolute atomic E-state index is 0.690. The van der Waals surface area contributed by atoms with Crippen molar-refractivity contribution in [2.24, 2.45) is 0 Å². The summed E-state index contributed by atoms with van der Waals surface area (Å²) < 4.78 is 1.03. The van der Waals surface area contributed by atoms with Crippen LogP contribution in [-0.4, -0.2) is 42.6 Å². The van der Waals surface area contributed by atoms with Gasteiger partial charge in [0.1, 0.15) is 5.82 Å². The Morgan fingerprint density at radius 1 is 1.53 bits per heavy atom. The molecular weight excluding hydrogens is 278 g/mol. The van der Waals surface area contributed by atoms with Gasteiger partial charge in [0.05, 0.1) is 0 Å². The van der Waals surface area contributed by atoms with E-state index in [1.54, 1.807) is 0 Å². The highest BCUT2D eigenvalue weighted by Crippen LogP contribution is 2.20. The predicted octanol–water partition coefficient (Wildman–Crippen LogP) is 2.76. The van der Waals surface area contributed by atoms with Gasteiger partial charge >= 0.3 is 0 Å². The summed E-state index contributed by atoms with van der Waals surface area (Å²) in [6.45, 7) is 5.73. The summed E-state index contributed by atoms with van der Waals surface area (Å²) in [4.78, 5) is 9.25. The molecule has 1 aromatic heterocycles.